The molecule has 2 unspecified atom stereocenters. The second-order valence-corrected chi connectivity index (χ2v) is 5.16. The second-order valence-electron chi connectivity index (χ2n) is 4.42. The molecule has 1 N–H and O–H groups in total. The molecule has 2 atom stereocenters. The summed E-state index contributed by atoms with van der Waals surface area (Å²) in [5.74, 6) is -0.233. The summed E-state index contributed by atoms with van der Waals surface area (Å²) in [5, 5.41) is 9.44. The van der Waals surface area contributed by atoms with E-state index in [1.54, 1.807) is 11.0 Å². The largest absolute Gasteiger partial charge is 0.394 e. The van der Waals surface area contributed by atoms with Gasteiger partial charge in [-0.1, -0.05) is 23.2 Å². The molecule has 1 aromatic heterocycles. The molecule has 5 nitrogen and oxygen atoms in total. The van der Waals surface area contributed by atoms with Crippen molar-refractivity contribution in [2.75, 3.05) is 19.8 Å². The summed E-state index contributed by atoms with van der Waals surface area (Å²) < 4.78 is 5.39. The lowest BCUT2D eigenvalue weighted by Crippen LogP contribution is -2.52. The van der Waals surface area contributed by atoms with Gasteiger partial charge in [0.25, 0.3) is 5.91 Å². The normalized spacial score (nSPS) is 23.5. The van der Waals surface area contributed by atoms with Gasteiger partial charge in [0, 0.05) is 6.54 Å². The van der Waals surface area contributed by atoms with Crippen molar-refractivity contribution in [1.82, 2.24) is 9.88 Å². The fourth-order valence-corrected chi connectivity index (χ4v) is 2.36. The lowest BCUT2D eigenvalue weighted by atomic mass is 10.1. The zero-order valence-electron chi connectivity index (χ0n) is 10.3. The average Bonchev–Trinajstić information content (AvgIpc) is 2.38. The van der Waals surface area contributed by atoms with Crippen molar-refractivity contribution in [2.24, 2.45) is 0 Å². The van der Waals surface area contributed by atoms with Crippen molar-refractivity contribution in [1.29, 1.82) is 0 Å². The van der Waals surface area contributed by atoms with Gasteiger partial charge >= 0.3 is 0 Å². The molecule has 1 aliphatic heterocycles. The van der Waals surface area contributed by atoms with Gasteiger partial charge in [-0.25, -0.2) is 4.98 Å². The third-order valence-corrected chi connectivity index (χ3v) is 3.51. The first-order valence-corrected chi connectivity index (χ1v) is 6.64. The molecule has 1 amide bonds. The van der Waals surface area contributed by atoms with Gasteiger partial charge in [-0.05, 0) is 19.1 Å². The van der Waals surface area contributed by atoms with Crippen molar-refractivity contribution >= 4 is 29.1 Å². The maximum atomic E-state index is 12.4. The van der Waals surface area contributed by atoms with Crippen LogP contribution < -0.4 is 0 Å². The molecule has 1 aliphatic rings. The Kier molecular flexibility index (Phi) is 4.62. The summed E-state index contributed by atoms with van der Waals surface area (Å²) in [7, 11) is 0. The predicted molar refractivity (Wildman–Crippen MR) is 71.6 cm³/mol. The summed E-state index contributed by atoms with van der Waals surface area (Å²) >= 11 is 11.6. The van der Waals surface area contributed by atoms with E-state index in [-0.39, 0.29) is 35.0 Å². The van der Waals surface area contributed by atoms with E-state index < -0.39 is 0 Å². The lowest BCUT2D eigenvalue weighted by Gasteiger charge is -2.37. The van der Waals surface area contributed by atoms with Crippen LogP contribution in [0.2, 0.25) is 10.3 Å². The number of amides is 1. The Labute approximate surface area is 121 Å². The van der Waals surface area contributed by atoms with Gasteiger partial charge in [0.1, 0.15) is 10.3 Å². The lowest BCUT2D eigenvalue weighted by molar-refractivity contribution is -0.0667. The summed E-state index contributed by atoms with van der Waals surface area (Å²) in [5.41, 5.74) is 0.302. The Morgan fingerprint density at radius 1 is 1.58 bits per heavy atom. The summed E-state index contributed by atoms with van der Waals surface area (Å²) in [6.45, 7) is 2.47. The van der Waals surface area contributed by atoms with E-state index in [0.29, 0.717) is 18.7 Å². The van der Waals surface area contributed by atoms with Gasteiger partial charge in [0.2, 0.25) is 0 Å². The summed E-state index contributed by atoms with van der Waals surface area (Å²) in [6, 6.07) is 2.99. The SMILES string of the molecule is CC1COC(CO)CN1C(=O)c1ccc(Cl)nc1Cl. The number of carbonyl (C=O) groups is 1. The van der Waals surface area contributed by atoms with Crippen LogP contribution in [-0.2, 0) is 4.74 Å². The monoisotopic (exact) mass is 304 g/mol. The fraction of sp³-hybridized carbons (Fsp3) is 0.500. The van der Waals surface area contributed by atoms with E-state index in [1.807, 2.05) is 6.92 Å². The van der Waals surface area contributed by atoms with Crippen LogP contribution in [0.3, 0.4) is 0 Å². The molecule has 0 spiro atoms. The quantitative estimate of drug-likeness (QED) is 0.843. The van der Waals surface area contributed by atoms with E-state index in [4.69, 9.17) is 33.0 Å². The molecule has 104 valence electrons. The number of nitrogens with zero attached hydrogens (tertiary/aromatic N) is 2. The first kappa shape index (κ1) is 14.5. The molecule has 0 saturated carbocycles. The number of morpholine rings is 1. The standard InChI is InChI=1S/C12H14Cl2N2O3/c1-7-6-19-8(5-17)4-16(7)12(18)9-2-3-10(13)15-11(9)14/h2-3,7-8,17H,4-6H2,1H3. The Morgan fingerprint density at radius 2 is 2.32 bits per heavy atom. The maximum absolute atomic E-state index is 12.4. The number of aromatic nitrogens is 1. The van der Waals surface area contributed by atoms with Gasteiger partial charge in [-0.3, -0.25) is 4.79 Å². The highest BCUT2D eigenvalue weighted by Crippen LogP contribution is 2.21. The van der Waals surface area contributed by atoms with Crippen molar-refractivity contribution in [3.8, 4) is 0 Å². The summed E-state index contributed by atoms with van der Waals surface area (Å²) in [6.07, 6.45) is -0.362. The van der Waals surface area contributed by atoms with Crippen LogP contribution in [0.1, 0.15) is 17.3 Å². The van der Waals surface area contributed by atoms with Crippen molar-refractivity contribution in [3.05, 3.63) is 28.0 Å². The highest BCUT2D eigenvalue weighted by molar-refractivity contribution is 6.34. The van der Waals surface area contributed by atoms with E-state index in [9.17, 15) is 4.79 Å². The highest BCUT2D eigenvalue weighted by atomic mass is 35.5. The van der Waals surface area contributed by atoms with Gasteiger partial charge in [-0.15, -0.1) is 0 Å². The minimum absolute atomic E-state index is 0.0803. The number of aliphatic hydroxyl groups excluding tert-OH is 1. The topological polar surface area (TPSA) is 62.7 Å². The molecule has 1 fully saturated rings. The molecule has 1 saturated heterocycles. The van der Waals surface area contributed by atoms with E-state index in [1.165, 1.54) is 6.07 Å². The number of hydrogen-bond donors (Lipinski definition) is 1. The number of aliphatic hydroxyl groups is 1. The number of rotatable bonds is 2. The smallest absolute Gasteiger partial charge is 0.257 e. The molecule has 0 aromatic carbocycles. The molecule has 0 radical (unpaired) electrons. The minimum Gasteiger partial charge on any atom is -0.394 e. The maximum Gasteiger partial charge on any atom is 0.257 e. The molecule has 0 aliphatic carbocycles. The molecule has 7 heteroatoms. The van der Waals surface area contributed by atoms with Crippen molar-refractivity contribution in [3.63, 3.8) is 0 Å². The molecule has 19 heavy (non-hydrogen) atoms. The average molecular weight is 305 g/mol. The van der Waals surface area contributed by atoms with Gasteiger partial charge < -0.3 is 14.7 Å². The number of pyridine rings is 1. The van der Waals surface area contributed by atoms with E-state index >= 15 is 0 Å². The Balaban J connectivity index is 2.22. The van der Waals surface area contributed by atoms with Gasteiger partial charge in [0.05, 0.1) is 30.9 Å². The number of halogens is 2. The first-order chi connectivity index (χ1) is 9.02. The predicted octanol–water partition coefficient (Wildman–Crippen LogP) is 1.61. The Bertz CT molecular complexity index is 484. The van der Waals surface area contributed by atoms with Crippen LogP contribution >= 0.6 is 23.2 Å². The fourth-order valence-electron chi connectivity index (χ4n) is 1.94. The Morgan fingerprint density at radius 3 is 2.95 bits per heavy atom. The second kappa shape index (κ2) is 6.05. The van der Waals surface area contributed by atoms with Crippen LogP contribution in [0.15, 0.2) is 12.1 Å². The van der Waals surface area contributed by atoms with Crippen LogP contribution in [0.25, 0.3) is 0 Å². The zero-order valence-corrected chi connectivity index (χ0v) is 11.9. The van der Waals surface area contributed by atoms with Crippen LogP contribution in [-0.4, -0.2) is 52.8 Å². The molecule has 0 bridgehead atoms. The van der Waals surface area contributed by atoms with Crippen molar-refractivity contribution in [2.45, 2.75) is 19.1 Å². The van der Waals surface area contributed by atoms with Crippen LogP contribution in [0.4, 0.5) is 0 Å². The van der Waals surface area contributed by atoms with E-state index in [0.717, 1.165) is 0 Å². The summed E-state index contributed by atoms with van der Waals surface area (Å²) in [4.78, 5) is 17.9. The first-order valence-electron chi connectivity index (χ1n) is 5.88. The van der Waals surface area contributed by atoms with Crippen molar-refractivity contribution < 1.29 is 14.6 Å². The van der Waals surface area contributed by atoms with E-state index in [2.05, 4.69) is 4.98 Å². The number of ether oxygens (including phenoxy) is 1. The third-order valence-electron chi connectivity index (χ3n) is 3.02. The molecule has 2 rings (SSSR count). The van der Waals surface area contributed by atoms with Gasteiger partial charge in [0.15, 0.2) is 0 Å². The zero-order chi connectivity index (χ0) is 14.0. The van der Waals surface area contributed by atoms with Crippen LogP contribution in [0.5, 0.6) is 0 Å². The number of carbonyl (C=O) groups excluding carboxylic acids is 1. The molecule has 1 aromatic rings. The Hall–Kier alpha value is -0.880. The molecular weight excluding hydrogens is 291 g/mol. The molecular formula is C12H14Cl2N2O3. The highest BCUT2D eigenvalue weighted by Gasteiger charge is 2.31. The van der Waals surface area contributed by atoms with Gasteiger partial charge in [-0.2, -0.15) is 0 Å². The van der Waals surface area contributed by atoms with Crippen LogP contribution in [0, 0.1) is 0 Å². The number of hydrogen-bond acceptors (Lipinski definition) is 4. The minimum atomic E-state index is -0.362. The third kappa shape index (κ3) is 3.17. The molecule has 2 heterocycles.